The lowest BCUT2D eigenvalue weighted by Gasteiger charge is -2.07. The molecular weight excluding hydrogens is 333 g/mol. The summed E-state index contributed by atoms with van der Waals surface area (Å²) in [6.07, 6.45) is -2.79. The number of carbonyl (C=O) groups excluding carboxylic acids is 1. The largest absolute Gasteiger partial charge is 0.440 e. The molecule has 25 heavy (non-hydrogen) atoms. The van der Waals surface area contributed by atoms with E-state index in [-0.39, 0.29) is 11.3 Å². The molecule has 0 saturated heterocycles. The Balaban J connectivity index is 1.79. The Kier molecular flexibility index (Phi) is 4.56. The van der Waals surface area contributed by atoms with Gasteiger partial charge in [0.05, 0.1) is 5.56 Å². The van der Waals surface area contributed by atoms with Crippen LogP contribution in [-0.4, -0.2) is 10.9 Å². The number of aromatic nitrogens is 1. The maximum Gasteiger partial charge on any atom is 0.313 e. The number of aryl methyl sites for hydroxylation is 1. The Bertz CT molecular complexity index is 905. The number of benzene rings is 2. The summed E-state index contributed by atoms with van der Waals surface area (Å²) in [5.74, 6) is -1.55. The van der Waals surface area contributed by atoms with E-state index in [9.17, 15) is 18.0 Å². The van der Waals surface area contributed by atoms with Crippen LogP contribution < -0.4 is 5.32 Å². The van der Waals surface area contributed by atoms with Gasteiger partial charge in [-0.3, -0.25) is 4.79 Å². The number of halogens is 3. The molecule has 1 aromatic heterocycles. The molecule has 3 aromatic rings. The number of amides is 1. The zero-order valence-electron chi connectivity index (χ0n) is 13.1. The van der Waals surface area contributed by atoms with Crippen LogP contribution in [0.1, 0.15) is 28.4 Å². The van der Waals surface area contributed by atoms with Crippen molar-refractivity contribution in [3.05, 3.63) is 71.6 Å². The molecule has 1 N–H and O–H groups in total. The van der Waals surface area contributed by atoms with Crippen LogP contribution in [0.3, 0.4) is 0 Å². The minimum atomic E-state index is -2.79. The third kappa shape index (κ3) is 3.55. The molecule has 0 saturated carbocycles. The van der Waals surface area contributed by atoms with Gasteiger partial charge in [0.15, 0.2) is 0 Å². The number of nitrogens with zero attached hydrogens (tertiary/aromatic N) is 1. The number of oxazole rings is 1. The van der Waals surface area contributed by atoms with Crippen LogP contribution in [0.5, 0.6) is 0 Å². The van der Waals surface area contributed by atoms with Crippen molar-refractivity contribution < 1.29 is 22.4 Å². The van der Waals surface area contributed by atoms with Crippen molar-refractivity contribution in [1.82, 2.24) is 4.98 Å². The Hall–Kier alpha value is -3.09. The summed E-state index contributed by atoms with van der Waals surface area (Å²) in [5, 5.41) is 2.57. The molecule has 2 aromatic carbocycles. The lowest BCUT2D eigenvalue weighted by atomic mass is 10.1. The summed E-state index contributed by atoms with van der Waals surface area (Å²) in [4.78, 5) is 15.8. The standard InChI is InChI=1S/C18H13F3N2O2/c1-10-15(23-18(25-10)16(20)21)11-6-8-12(9-7-11)22-17(24)13-4-2-3-5-14(13)19/h2-9,16H,1H3,(H,22,24). The van der Waals surface area contributed by atoms with Gasteiger partial charge in [-0.05, 0) is 31.2 Å². The van der Waals surface area contributed by atoms with E-state index in [1.807, 2.05) is 0 Å². The molecule has 0 radical (unpaired) electrons. The van der Waals surface area contributed by atoms with Gasteiger partial charge < -0.3 is 9.73 Å². The van der Waals surface area contributed by atoms with E-state index in [0.29, 0.717) is 16.9 Å². The minimum Gasteiger partial charge on any atom is -0.440 e. The highest BCUT2D eigenvalue weighted by Gasteiger charge is 2.19. The van der Waals surface area contributed by atoms with Crippen molar-refractivity contribution in [1.29, 1.82) is 0 Å². The molecule has 1 amide bonds. The smallest absolute Gasteiger partial charge is 0.313 e. The molecule has 0 aliphatic heterocycles. The Labute approximate surface area is 141 Å². The van der Waals surface area contributed by atoms with Crippen molar-refractivity contribution in [2.75, 3.05) is 5.32 Å². The van der Waals surface area contributed by atoms with Crippen molar-refractivity contribution in [2.24, 2.45) is 0 Å². The molecular formula is C18H13F3N2O2. The molecule has 7 heteroatoms. The fraction of sp³-hybridized carbons (Fsp3) is 0.111. The number of carbonyl (C=O) groups is 1. The zero-order valence-corrected chi connectivity index (χ0v) is 13.1. The number of hydrogen-bond donors (Lipinski definition) is 1. The fourth-order valence-electron chi connectivity index (χ4n) is 2.33. The molecule has 0 aliphatic carbocycles. The number of rotatable bonds is 4. The number of hydrogen-bond acceptors (Lipinski definition) is 3. The van der Waals surface area contributed by atoms with E-state index in [2.05, 4.69) is 10.3 Å². The second-order valence-electron chi connectivity index (χ2n) is 5.27. The molecule has 128 valence electrons. The Morgan fingerprint density at radius 3 is 2.40 bits per heavy atom. The lowest BCUT2D eigenvalue weighted by molar-refractivity contribution is 0.102. The van der Waals surface area contributed by atoms with Crippen LogP contribution in [-0.2, 0) is 0 Å². The SMILES string of the molecule is Cc1oc(C(F)F)nc1-c1ccc(NC(=O)c2ccccc2F)cc1. The molecule has 0 fully saturated rings. The molecule has 0 unspecified atom stereocenters. The van der Waals surface area contributed by atoms with Gasteiger partial charge in [-0.1, -0.05) is 24.3 Å². The van der Waals surface area contributed by atoms with Crippen LogP contribution in [0.15, 0.2) is 52.9 Å². The molecule has 0 bridgehead atoms. The predicted molar refractivity (Wildman–Crippen MR) is 86.0 cm³/mol. The maximum absolute atomic E-state index is 13.6. The first kappa shape index (κ1) is 16.8. The van der Waals surface area contributed by atoms with E-state index in [0.717, 1.165) is 0 Å². The topological polar surface area (TPSA) is 55.1 Å². The molecule has 3 rings (SSSR count). The summed E-state index contributed by atoms with van der Waals surface area (Å²) in [6.45, 7) is 1.54. The van der Waals surface area contributed by atoms with Crippen molar-refractivity contribution in [3.8, 4) is 11.3 Å². The molecule has 0 spiro atoms. The molecule has 0 aliphatic rings. The van der Waals surface area contributed by atoms with Gasteiger partial charge >= 0.3 is 6.43 Å². The van der Waals surface area contributed by atoms with E-state index in [1.165, 1.54) is 18.2 Å². The highest BCUT2D eigenvalue weighted by atomic mass is 19.3. The normalized spacial score (nSPS) is 10.9. The third-order valence-corrected chi connectivity index (χ3v) is 3.53. The van der Waals surface area contributed by atoms with Gasteiger partial charge in [0.2, 0.25) is 0 Å². The average Bonchev–Trinajstić information content (AvgIpc) is 2.98. The van der Waals surface area contributed by atoms with Crippen molar-refractivity contribution in [3.63, 3.8) is 0 Å². The van der Waals surface area contributed by atoms with Crippen LogP contribution in [0.2, 0.25) is 0 Å². The van der Waals surface area contributed by atoms with Gasteiger partial charge in [-0.25, -0.2) is 9.37 Å². The minimum absolute atomic E-state index is 0.0690. The summed E-state index contributed by atoms with van der Waals surface area (Å²) >= 11 is 0. The van der Waals surface area contributed by atoms with E-state index >= 15 is 0 Å². The van der Waals surface area contributed by atoms with Crippen molar-refractivity contribution >= 4 is 11.6 Å². The molecule has 0 atom stereocenters. The van der Waals surface area contributed by atoms with E-state index < -0.39 is 24.0 Å². The highest BCUT2D eigenvalue weighted by Crippen LogP contribution is 2.28. The fourth-order valence-corrected chi connectivity index (χ4v) is 2.33. The van der Waals surface area contributed by atoms with Gasteiger partial charge in [0.1, 0.15) is 17.3 Å². The van der Waals surface area contributed by atoms with Gasteiger partial charge in [-0.2, -0.15) is 8.78 Å². The molecule has 1 heterocycles. The Morgan fingerprint density at radius 2 is 1.80 bits per heavy atom. The summed E-state index contributed by atoms with van der Waals surface area (Å²) in [5.41, 5.74) is 1.24. The summed E-state index contributed by atoms with van der Waals surface area (Å²) in [7, 11) is 0. The zero-order chi connectivity index (χ0) is 18.0. The number of nitrogens with one attached hydrogen (secondary N) is 1. The number of anilines is 1. The summed E-state index contributed by atoms with van der Waals surface area (Å²) in [6, 6.07) is 12.0. The number of alkyl halides is 2. The first-order valence-corrected chi connectivity index (χ1v) is 7.37. The van der Waals surface area contributed by atoms with Gasteiger partial charge in [-0.15, -0.1) is 0 Å². The van der Waals surface area contributed by atoms with Crippen molar-refractivity contribution in [2.45, 2.75) is 13.3 Å². The van der Waals surface area contributed by atoms with Gasteiger partial charge in [0, 0.05) is 11.3 Å². The van der Waals surface area contributed by atoms with Crippen LogP contribution >= 0.6 is 0 Å². The average molecular weight is 346 g/mol. The highest BCUT2D eigenvalue weighted by molar-refractivity contribution is 6.04. The second-order valence-corrected chi connectivity index (χ2v) is 5.27. The first-order valence-electron chi connectivity index (χ1n) is 7.37. The third-order valence-electron chi connectivity index (χ3n) is 3.53. The maximum atomic E-state index is 13.6. The second kappa shape index (κ2) is 6.80. The monoisotopic (exact) mass is 346 g/mol. The van der Waals surface area contributed by atoms with Gasteiger partial charge in [0.25, 0.3) is 11.8 Å². The summed E-state index contributed by atoms with van der Waals surface area (Å²) < 4.78 is 43.8. The van der Waals surface area contributed by atoms with Crippen LogP contribution in [0, 0.1) is 12.7 Å². The quantitative estimate of drug-likeness (QED) is 0.725. The first-order chi connectivity index (χ1) is 12.0. The van der Waals surface area contributed by atoms with Crippen LogP contribution in [0.4, 0.5) is 18.9 Å². The lowest BCUT2D eigenvalue weighted by Crippen LogP contribution is -2.13. The molecule has 4 nitrogen and oxygen atoms in total. The van der Waals surface area contributed by atoms with Crippen LogP contribution in [0.25, 0.3) is 11.3 Å². The van der Waals surface area contributed by atoms with E-state index in [1.54, 1.807) is 37.3 Å². The Morgan fingerprint density at radius 1 is 1.12 bits per heavy atom. The van der Waals surface area contributed by atoms with E-state index in [4.69, 9.17) is 4.42 Å². The predicted octanol–water partition coefficient (Wildman–Crippen LogP) is 4.98.